The van der Waals surface area contributed by atoms with Crippen LogP contribution in [0.3, 0.4) is 0 Å². The molecule has 0 aliphatic heterocycles. The molecule has 1 atom stereocenters. The summed E-state index contributed by atoms with van der Waals surface area (Å²) in [5.41, 5.74) is 2.14. The van der Waals surface area contributed by atoms with Crippen molar-refractivity contribution in [3.8, 4) is 0 Å². The first-order chi connectivity index (χ1) is 12.5. The lowest BCUT2D eigenvalue weighted by molar-refractivity contribution is -0.115. The maximum atomic E-state index is 12.1. The Bertz CT molecular complexity index is 730. The number of esters is 1. The fourth-order valence-corrected chi connectivity index (χ4v) is 2.41. The Labute approximate surface area is 158 Å². The van der Waals surface area contributed by atoms with Gasteiger partial charge in [0.2, 0.25) is 5.91 Å². The minimum Gasteiger partial charge on any atom is -0.462 e. The van der Waals surface area contributed by atoms with Crippen LogP contribution in [0.1, 0.15) is 42.2 Å². The summed E-state index contributed by atoms with van der Waals surface area (Å²) in [6.45, 7) is 4.49. The van der Waals surface area contributed by atoms with Gasteiger partial charge in [-0.1, -0.05) is 30.7 Å². The minimum atomic E-state index is -0.358. The van der Waals surface area contributed by atoms with E-state index in [1.54, 1.807) is 24.3 Å². The third kappa shape index (κ3) is 6.17. The van der Waals surface area contributed by atoms with Crippen molar-refractivity contribution in [2.24, 2.45) is 0 Å². The molecule has 0 aromatic heterocycles. The molecule has 26 heavy (non-hydrogen) atoms. The number of benzene rings is 2. The number of ether oxygens (including phenoxy) is 1. The molecule has 0 spiro atoms. The van der Waals surface area contributed by atoms with Crippen LogP contribution in [0.4, 0.5) is 5.69 Å². The summed E-state index contributed by atoms with van der Waals surface area (Å²) in [5, 5.41) is 6.64. The molecule has 2 aromatic rings. The molecule has 2 rings (SSSR count). The van der Waals surface area contributed by atoms with Crippen molar-refractivity contribution in [1.82, 2.24) is 5.32 Å². The second-order valence-corrected chi connectivity index (χ2v) is 6.35. The SMILES string of the molecule is CCCOC(=O)c1ccc(NC(=O)CN[C@@H](C)c2ccc(Cl)cc2)cc1. The number of hydrogen-bond acceptors (Lipinski definition) is 4. The van der Waals surface area contributed by atoms with Crippen LogP contribution in [0.2, 0.25) is 5.02 Å². The normalized spacial score (nSPS) is 11.7. The van der Waals surface area contributed by atoms with Crippen molar-refractivity contribution in [1.29, 1.82) is 0 Å². The van der Waals surface area contributed by atoms with Gasteiger partial charge >= 0.3 is 5.97 Å². The standard InChI is InChI=1S/C20H23ClN2O3/c1-3-12-26-20(25)16-6-10-18(11-7-16)23-19(24)13-22-14(2)15-4-8-17(21)9-5-15/h4-11,14,22H,3,12-13H2,1-2H3,(H,23,24)/t14-/m0/s1. The molecular weight excluding hydrogens is 352 g/mol. The Balaban J connectivity index is 1.82. The number of halogens is 1. The third-order valence-corrected chi connectivity index (χ3v) is 4.03. The zero-order chi connectivity index (χ0) is 18.9. The Morgan fingerprint density at radius 2 is 1.73 bits per heavy atom. The topological polar surface area (TPSA) is 67.4 Å². The molecule has 0 radical (unpaired) electrons. The Hall–Kier alpha value is -2.37. The van der Waals surface area contributed by atoms with Gasteiger partial charge < -0.3 is 15.4 Å². The lowest BCUT2D eigenvalue weighted by Gasteiger charge is -2.14. The smallest absolute Gasteiger partial charge is 0.338 e. The fraction of sp³-hybridized carbons (Fsp3) is 0.300. The minimum absolute atomic E-state index is 0.0220. The second-order valence-electron chi connectivity index (χ2n) is 5.92. The van der Waals surface area contributed by atoms with Gasteiger partial charge in [-0.2, -0.15) is 0 Å². The van der Waals surface area contributed by atoms with E-state index >= 15 is 0 Å². The Kier molecular flexibility index (Phi) is 7.63. The summed E-state index contributed by atoms with van der Waals surface area (Å²) in [7, 11) is 0. The maximum Gasteiger partial charge on any atom is 0.338 e. The molecule has 0 aliphatic rings. The van der Waals surface area contributed by atoms with Crippen molar-refractivity contribution >= 4 is 29.2 Å². The van der Waals surface area contributed by atoms with Crippen LogP contribution in [0.15, 0.2) is 48.5 Å². The van der Waals surface area contributed by atoms with Crippen LogP contribution in [-0.2, 0) is 9.53 Å². The molecule has 2 N–H and O–H groups in total. The molecule has 0 unspecified atom stereocenters. The number of carbonyl (C=O) groups excluding carboxylic acids is 2. The zero-order valence-electron chi connectivity index (χ0n) is 14.9. The Morgan fingerprint density at radius 3 is 2.35 bits per heavy atom. The molecule has 0 aliphatic carbocycles. The molecular formula is C20H23ClN2O3. The fourth-order valence-electron chi connectivity index (χ4n) is 2.29. The first kappa shape index (κ1) is 19.9. The van der Waals surface area contributed by atoms with Gasteiger partial charge in [-0.25, -0.2) is 4.79 Å². The van der Waals surface area contributed by atoms with Crippen molar-refractivity contribution in [3.05, 3.63) is 64.7 Å². The molecule has 1 amide bonds. The molecule has 6 heteroatoms. The first-order valence-electron chi connectivity index (χ1n) is 8.55. The quantitative estimate of drug-likeness (QED) is 0.679. The lowest BCUT2D eigenvalue weighted by atomic mass is 10.1. The summed E-state index contributed by atoms with van der Waals surface area (Å²) in [4.78, 5) is 23.8. The van der Waals surface area contributed by atoms with E-state index in [4.69, 9.17) is 16.3 Å². The van der Waals surface area contributed by atoms with E-state index in [0.29, 0.717) is 22.9 Å². The molecule has 0 fully saturated rings. The second kappa shape index (κ2) is 9.94. The predicted octanol–water partition coefficient (Wildman–Crippen LogP) is 4.20. The van der Waals surface area contributed by atoms with E-state index in [2.05, 4.69) is 10.6 Å². The van der Waals surface area contributed by atoms with Gasteiger partial charge in [0.25, 0.3) is 0 Å². The average molecular weight is 375 g/mol. The monoisotopic (exact) mass is 374 g/mol. The highest BCUT2D eigenvalue weighted by Gasteiger charge is 2.09. The molecule has 138 valence electrons. The van der Waals surface area contributed by atoms with Gasteiger partial charge in [-0.15, -0.1) is 0 Å². The lowest BCUT2D eigenvalue weighted by Crippen LogP contribution is -2.30. The van der Waals surface area contributed by atoms with Gasteiger partial charge in [0, 0.05) is 16.8 Å². The highest BCUT2D eigenvalue weighted by molar-refractivity contribution is 6.30. The van der Waals surface area contributed by atoms with Gasteiger partial charge in [-0.05, 0) is 55.3 Å². The van der Waals surface area contributed by atoms with Gasteiger partial charge in [0.05, 0.1) is 18.7 Å². The van der Waals surface area contributed by atoms with Crippen LogP contribution in [0, 0.1) is 0 Å². The molecule has 5 nitrogen and oxygen atoms in total. The van der Waals surface area contributed by atoms with Crippen LogP contribution < -0.4 is 10.6 Å². The Morgan fingerprint density at radius 1 is 1.08 bits per heavy atom. The first-order valence-corrected chi connectivity index (χ1v) is 8.93. The zero-order valence-corrected chi connectivity index (χ0v) is 15.7. The summed E-state index contributed by atoms with van der Waals surface area (Å²) < 4.78 is 5.07. The number of anilines is 1. The van der Waals surface area contributed by atoms with Gasteiger partial charge in [0.15, 0.2) is 0 Å². The van der Waals surface area contributed by atoms with Crippen molar-refractivity contribution in [2.45, 2.75) is 26.3 Å². The van der Waals surface area contributed by atoms with E-state index < -0.39 is 0 Å². The highest BCUT2D eigenvalue weighted by atomic mass is 35.5. The van der Waals surface area contributed by atoms with Crippen LogP contribution in [-0.4, -0.2) is 25.0 Å². The average Bonchev–Trinajstić information content (AvgIpc) is 2.65. The van der Waals surface area contributed by atoms with Crippen molar-refractivity contribution < 1.29 is 14.3 Å². The van der Waals surface area contributed by atoms with Gasteiger partial charge in [0.1, 0.15) is 0 Å². The highest BCUT2D eigenvalue weighted by Crippen LogP contribution is 2.16. The summed E-state index contributed by atoms with van der Waals surface area (Å²) >= 11 is 5.88. The van der Waals surface area contributed by atoms with E-state index in [1.165, 1.54) is 0 Å². The summed E-state index contributed by atoms with van der Waals surface area (Å²) in [5.74, 6) is -0.518. The predicted molar refractivity (Wildman–Crippen MR) is 104 cm³/mol. The van der Waals surface area contributed by atoms with Crippen LogP contribution in [0.25, 0.3) is 0 Å². The van der Waals surface area contributed by atoms with E-state index in [0.717, 1.165) is 12.0 Å². The van der Waals surface area contributed by atoms with E-state index in [-0.39, 0.29) is 24.5 Å². The van der Waals surface area contributed by atoms with Crippen molar-refractivity contribution in [2.75, 3.05) is 18.5 Å². The van der Waals surface area contributed by atoms with E-state index in [1.807, 2.05) is 38.1 Å². The van der Waals surface area contributed by atoms with Crippen molar-refractivity contribution in [3.63, 3.8) is 0 Å². The maximum absolute atomic E-state index is 12.1. The molecule has 0 heterocycles. The molecule has 0 saturated carbocycles. The van der Waals surface area contributed by atoms with Crippen LogP contribution >= 0.6 is 11.6 Å². The molecule has 0 saturated heterocycles. The van der Waals surface area contributed by atoms with Gasteiger partial charge in [-0.3, -0.25) is 4.79 Å². The summed E-state index contributed by atoms with van der Waals surface area (Å²) in [6.07, 6.45) is 0.779. The van der Waals surface area contributed by atoms with Crippen LogP contribution in [0.5, 0.6) is 0 Å². The number of nitrogens with one attached hydrogen (secondary N) is 2. The number of carbonyl (C=O) groups is 2. The molecule has 0 bridgehead atoms. The third-order valence-electron chi connectivity index (χ3n) is 3.78. The number of hydrogen-bond donors (Lipinski definition) is 2. The van der Waals surface area contributed by atoms with E-state index in [9.17, 15) is 9.59 Å². The molecule has 2 aromatic carbocycles. The largest absolute Gasteiger partial charge is 0.462 e. The number of amides is 1. The summed E-state index contributed by atoms with van der Waals surface area (Å²) in [6, 6.07) is 14.2. The number of rotatable bonds is 8.